The Morgan fingerprint density at radius 1 is 1.46 bits per heavy atom. The maximum absolute atomic E-state index is 5.30. The van der Waals surface area contributed by atoms with Gasteiger partial charge < -0.3 is 14.2 Å². The van der Waals surface area contributed by atoms with Crippen molar-refractivity contribution < 1.29 is 14.2 Å². The first-order chi connectivity index (χ1) is 6.24. The van der Waals surface area contributed by atoms with Crippen molar-refractivity contribution in [3.8, 4) is 17.2 Å². The zero-order valence-corrected chi connectivity index (χ0v) is 8.97. The number of hydrogen-bond acceptors (Lipinski definition) is 3. The van der Waals surface area contributed by atoms with Crippen LogP contribution >= 0.6 is 15.9 Å². The van der Waals surface area contributed by atoms with E-state index in [9.17, 15) is 0 Å². The Morgan fingerprint density at radius 2 is 2.23 bits per heavy atom. The average Bonchev–Trinajstić information content (AvgIpc) is 2.53. The van der Waals surface area contributed by atoms with Crippen molar-refractivity contribution in [2.24, 2.45) is 0 Å². The second-order valence-corrected chi connectivity index (χ2v) is 3.60. The van der Waals surface area contributed by atoms with Gasteiger partial charge >= 0.3 is 0 Å². The van der Waals surface area contributed by atoms with Crippen LogP contribution in [0, 0.1) is 6.92 Å². The lowest BCUT2D eigenvalue weighted by Crippen LogP contribution is -1.94. The maximum Gasteiger partial charge on any atom is 0.231 e. The predicted octanol–water partition coefficient (Wildman–Crippen LogP) is 2.49. The molecule has 0 saturated heterocycles. The summed E-state index contributed by atoms with van der Waals surface area (Å²) in [6, 6.07) is 1.86. The molecule has 0 saturated carbocycles. The normalized spacial score (nSPS) is 13.2. The minimum Gasteiger partial charge on any atom is -0.495 e. The molecule has 0 bridgehead atoms. The quantitative estimate of drug-likeness (QED) is 0.760. The Labute approximate surface area is 84.7 Å². The summed E-state index contributed by atoms with van der Waals surface area (Å²) >= 11 is 3.40. The first-order valence-electron chi connectivity index (χ1n) is 3.86. The lowest BCUT2D eigenvalue weighted by molar-refractivity contribution is 0.173. The average molecular weight is 245 g/mol. The second kappa shape index (κ2) is 3.10. The third-order valence-corrected chi connectivity index (χ3v) is 2.59. The fraction of sp³-hybridized carbons (Fsp3) is 0.333. The summed E-state index contributed by atoms with van der Waals surface area (Å²) in [5, 5.41) is 0. The van der Waals surface area contributed by atoms with E-state index < -0.39 is 0 Å². The fourth-order valence-electron chi connectivity index (χ4n) is 1.40. The molecule has 0 atom stereocenters. The van der Waals surface area contributed by atoms with Gasteiger partial charge in [0.15, 0.2) is 11.5 Å². The minimum atomic E-state index is 0.287. The van der Waals surface area contributed by atoms with Gasteiger partial charge in [0, 0.05) is 11.6 Å². The molecule has 3 nitrogen and oxygen atoms in total. The van der Waals surface area contributed by atoms with Crippen molar-refractivity contribution in [1.29, 1.82) is 0 Å². The number of rotatable bonds is 1. The van der Waals surface area contributed by atoms with Crippen molar-refractivity contribution in [1.82, 2.24) is 0 Å². The van der Waals surface area contributed by atoms with Gasteiger partial charge in [0.2, 0.25) is 6.79 Å². The van der Waals surface area contributed by atoms with E-state index in [1.54, 1.807) is 7.11 Å². The van der Waals surface area contributed by atoms with Gasteiger partial charge in [-0.1, -0.05) is 0 Å². The summed E-state index contributed by atoms with van der Waals surface area (Å²) in [7, 11) is 1.63. The maximum atomic E-state index is 5.30. The number of ether oxygens (including phenoxy) is 3. The molecule has 13 heavy (non-hydrogen) atoms. The lowest BCUT2D eigenvalue weighted by Gasteiger charge is -2.09. The van der Waals surface area contributed by atoms with Crippen LogP contribution in [0.3, 0.4) is 0 Å². The van der Waals surface area contributed by atoms with Gasteiger partial charge in [0.05, 0.1) is 11.6 Å². The summed E-state index contributed by atoms with van der Waals surface area (Å²) in [4.78, 5) is 0. The van der Waals surface area contributed by atoms with Crippen molar-refractivity contribution in [2.75, 3.05) is 13.9 Å². The van der Waals surface area contributed by atoms with Crippen LogP contribution in [-0.2, 0) is 0 Å². The minimum absolute atomic E-state index is 0.287. The molecule has 1 aliphatic rings. The third kappa shape index (κ3) is 1.25. The lowest BCUT2D eigenvalue weighted by atomic mass is 10.2. The first kappa shape index (κ1) is 8.69. The zero-order valence-electron chi connectivity index (χ0n) is 7.39. The van der Waals surface area contributed by atoms with Crippen LogP contribution in [0.1, 0.15) is 5.56 Å². The monoisotopic (exact) mass is 244 g/mol. The molecule has 1 heterocycles. The molecule has 0 unspecified atom stereocenters. The molecule has 70 valence electrons. The van der Waals surface area contributed by atoms with E-state index in [2.05, 4.69) is 15.9 Å². The molecule has 0 aliphatic carbocycles. The summed E-state index contributed by atoms with van der Waals surface area (Å²) in [5.41, 5.74) is 0.962. The number of methoxy groups -OCH3 is 1. The van der Waals surface area contributed by atoms with E-state index in [1.807, 2.05) is 13.0 Å². The van der Waals surface area contributed by atoms with E-state index in [4.69, 9.17) is 14.2 Å². The molecule has 1 aliphatic heterocycles. The van der Waals surface area contributed by atoms with Gasteiger partial charge in [-0.15, -0.1) is 0 Å². The highest BCUT2D eigenvalue weighted by molar-refractivity contribution is 9.10. The molecule has 0 fully saturated rings. The molecular weight excluding hydrogens is 236 g/mol. The largest absolute Gasteiger partial charge is 0.495 e. The van der Waals surface area contributed by atoms with Crippen LogP contribution in [0.2, 0.25) is 0 Å². The molecule has 0 aromatic heterocycles. The Bertz CT molecular complexity index is 345. The van der Waals surface area contributed by atoms with Crippen molar-refractivity contribution >= 4 is 15.9 Å². The molecule has 0 spiro atoms. The van der Waals surface area contributed by atoms with Gasteiger partial charge in [-0.3, -0.25) is 0 Å². The number of hydrogen-bond donors (Lipinski definition) is 0. The first-order valence-corrected chi connectivity index (χ1v) is 4.66. The SMILES string of the molecule is COc1c(Br)cc2c(c1C)OCO2. The molecule has 0 N–H and O–H groups in total. The summed E-state index contributed by atoms with van der Waals surface area (Å²) in [6.07, 6.45) is 0. The molecule has 1 aromatic carbocycles. The Balaban J connectivity index is 2.62. The molecular formula is C9H9BrO3. The van der Waals surface area contributed by atoms with Gasteiger partial charge in [-0.2, -0.15) is 0 Å². The van der Waals surface area contributed by atoms with Crippen molar-refractivity contribution in [2.45, 2.75) is 6.92 Å². The number of fused-ring (bicyclic) bond motifs is 1. The van der Waals surface area contributed by atoms with Crippen LogP contribution in [0.5, 0.6) is 17.2 Å². The standard InChI is InChI=1S/C9H9BrO3/c1-5-8(11-2)6(10)3-7-9(5)13-4-12-7/h3H,4H2,1-2H3. The van der Waals surface area contributed by atoms with Crippen molar-refractivity contribution in [3.05, 3.63) is 16.1 Å². The topological polar surface area (TPSA) is 27.7 Å². The highest BCUT2D eigenvalue weighted by Gasteiger charge is 2.21. The van der Waals surface area contributed by atoms with Crippen LogP contribution in [0.4, 0.5) is 0 Å². The fourth-order valence-corrected chi connectivity index (χ4v) is 2.07. The van der Waals surface area contributed by atoms with E-state index >= 15 is 0 Å². The Kier molecular flexibility index (Phi) is 2.07. The van der Waals surface area contributed by atoms with Gasteiger partial charge in [0.1, 0.15) is 5.75 Å². The number of benzene rings is 1. The summed E-state index contributed by atoms with van der Waals surface area (Å²) < 4.78 is 16.7. The third-order valence-electron chi connectivity index (χ3n) is 2.00. The smallest absolute Gasteiger partial charge is 0.231 e. The zero-order chi connectivity index (χ0) is 9.42. The van der Waals surface area contributed by atoms with Crippen LogP contribution in [0.15, 0.2) is 10.5 Å². The summed E-state index contributed by atoms with van der Waals surface area (Å²) in [5.74, 6) is 2.34. The van der Waals surface area contributed by atoms with Gasteiger partial charge in [-0.05, 0) is 22.9 Å². The second-order valence-electron chi connectivity index (χ2n) is 2.75. The van der Waals surface area contributed by atoms with Gasteiger partial charge in [-0.25, -0.2) is 0 Å². The highest BCUT2D eigenvalue weighted by atomic mass is 79.9. The molecule has 0 amide bonds. The Morgan fingerprint density at radius 3 is 2.92 bits per heavy atom. The van der Waals surface area contributed by atoms with Crippen LogP contribution < -0.4 is 14.2 Å². The Hall–Kier alpha value is -0.900. The summed E-state index contributed by atoms with van der Waals surface area (Å²) in [6.45, 7) is 2.23. The molecule has 2 rings (SSSR count). The van der Waals surface area contributed by atoms with Crippen LogP contribution in [0.25, 0.3) is 0 Å². The highest BCUT2D eigenvalue weighted by Crippen LogP contribution is 2.44. The van der Waals surface area contributed by atoms with Crippen molar-refractivity contribution in [3.63, 3.8) is 0 Å². The van der Waals surface area contributed by atoms with E-state index in [-0.39, 0.29) is 6.79 Å². The molecule has 4 heteroatoms. The molecule has 0 radical (unpaired) electrons. The predicted molar refractivity (Wildman–Crippen MR) is 51.6 cm³/mol. The van der Waals surface area contributed by atoms with E-state index in [1.165, 1.54) is 0 Å². The van der Waals surface area contributed by atoms with Gasteiger partial charge in [0.25, 0.3) is 0 Å². The van der Waals surface area contributed by atoms with E-state index in [0.717, 1.165) is 27.3 Å². The molecule has 1 aromatic rings. The number of halogens is 1. The van der Waals surface area contributed by atoms with E-state index in [0.29, 0.717) is 0 Å². The van der Waals surface area contributed by atoms with Crippen LogP contribution in [-0.4, -0.2) is 13.9 Å².